The van der Waals surface area contributed by atoms with Crippen molar-refractivity contribution in [1.82, 2.24) is 14.2 Å². The molecule has 3 heterocycles. The van der Waals surface area contributed by atoms with Crippen molar-refractivity contribution >= 4 is 16.1 Å². The number of rotatable bonds is 2. The maximum Gasteiger partial charge on any atom is 0.433 e. The van der Waals surface area contributed by atoms with Crippen LogP contribution in [0.1, 0.15) is 26.5 Å². The number of carbonyl (C=O) groups is 1. The number of halogens is 3. The van der Waals surface area contributed by atoms with Gasteiger partial charge in [0.05, 0.1) is 0 Å². The van der Waals surface area contributed by atoms with Crippen LogP contribution >= 0.6 is 0 Å². The van der Waals surface area contributed by atoms with Gasteiger partial charge < -0.3 is 9.64 Å². The summed E-state index contributed by atoms with van der Waals surface area (Å²) in [6.45, 7) is 5.72. The molecule has 0 N–H and O–H groups in total. The standard InChI is InChI=1S/C17H20F3N3O4S/c1-16(2,3)27-15(24)22-7-11-9-23(10-12(11)8-22)28(25,26)14-6-4-5-13(21-14)17(18,19)20/h4-6H,7-10H2,1-3H3. The van der Waals surface area contributed by atoms with E-state index in [4.69, 9.17) is 4.74 Å². The summed E-state index contributed by atoms with van der Waals surface area (Å²) in [5.41, 5.74) is -0.401. The zero-order valence-corrected chi connectivity index (χ0v) is 16.4. The molecule has 0 spiro atoms. The summed E-state index contributed by atoms with van der Waals surface area (Å²) in [7, 11) is -4.18. The fourth-order valence-corrected chi connectivity index (χ4v) is 4.40. The van der Waals surface area contributed by atoms with Crippen molar-refractivity contribution in [2.45, 2.75) is 37.6 Å². The van der Waals surface area contributed by atoms with Gasteiger partial charge in [0, 0.05) is 26.2 Å². The van der Waals surface area contributed by atoms with Crippen molar-refractivity contribution < 1.29 is 31.1 Å². The largest absolute Gasteiger partial charge is 0.444 e. The molecule has 2 aliphatic rings. The molecule has 3 rings (SSSR count). The number of pyridine rings is 1. The van der Waals surface area contributed by atoms with E-state index in [1.165, 1.54) is 4.90 Å². The molecule has 0 fully saturated rings. The number of amides is 1. The minimum Gasteiger partial charge on any atom is -0.444 e. The molecule has 0 saturated carbocycles. The quantitative estimate of drug-likeness (QED) is 0.689. The number of aromatic nitrogens is 1. The number of carbonyl (C=O) groups excluding carboxylic acids is 1. The molecule has 0 atom stereocenters. The topological polar surface area (TPSA) is 79.8 Å². The van der Waals surface area contributed by atoms with Crippen LogP contribution in [0.2, 0.25) is 0 Å². The van der Waals surface area contributed by atoms with E-state index >= 15 is 0 Å². The minimum atomic E-state index is -4.73. The van der Waals surface area contributed by atoms with Crippen LogP contribution in [-0.2, 0) is 20.9 Å². The summed E-state index contributed by atoms with van der Waals surface area (Å²) in [5, 5.41) is -0.646. The number of hydrogen-bond acceptors (Lipinski definition) is 5. The molecular formula is C17H20F3N3O4S. The predicted molar refractivity (Wildman–Crippen MR) is 92.8 cm³/mol. The van der Waals surface area contributed by atoms with Crippen LogP contribution in [0.25, 0.3) is 0 Å². The monoisotopic (exact) mass is 419 g/mol. The molecule has 154 valence electrons. The highest BCUT2D eigenvalue weighted by atomic mass is 32.2. The third-order valence-corrected chi connectivity index (χ3v) is 5.96. The van der Waals surface area contributed by atoms with E-state index in [-0.39, 0.29) is 26.2 Å². The zero-order valence-electron chi connectivity index (χ0n) is 15.6. The second-order valence-electron chi connectivity index (χ2n) is 7.68. The third kappa shape index (κ3) is 4.14. The van der Waals surface area contributed by atoms with E-state index in [1.54, 1.807) is 20.8 Å². The Balaban J connectivity index is 1.70. The van der Waals surface area contributed by atoms with E-state index in [9.17, 15) is 26.4 Å². The lowest BCUT2D eigenvalue weighted by molar-refractivity contribution is -0.141. The summed E-state index contributed by atoms with van der Waals surface area (Å²) < 4.78 is 70.3. The average Bonchev–Trinajstić information content (AvgIpc) is 3.11. The molecule has 2 aliphatic heterocycles. The van der Waals surface area contributed by atoms with Crippen molar-refractivity contribution in [3.63, 3.8) is 0 Å². The molecule has 28 heavy (non-hydrogen) atoms. The van der Waals surface area contributed by atoms with Gasteiger partial charge in [-0.15, -0.1) is 0 Å². The van der Waals surface area contributed by atoms with E-state index in [0.29, 0.717) is 0 Å². The van der Waals surface area contributed by atoms with E-state index in [0.717, 1.165) is 33.7 Å². The van der Waals surface area contributed by atoms with Crippen LogP contribution in [0.4, 0.5) is 18.0 Å². The normalized spacial score (nSPS) is 18.6. The van der Waals surface area contributed by atoms with Gasteiger partial charge in [0.25, 0.3) is 10.0 Å². The highest BCUT2D eigenvalue weighted by Gasteiger charge is 2.40. The lowest BCUT2D eigenvalue weighted by Gasteiger charge is -2.26. The summed E-state index contributed by atoms with van der Waals surface area (Å²) >= 11 is 0. The first-order chi connectivity index (χ1) is 12.8. The summed E-state index contributed by atoms with van der Waals surface area (Å²) in [6, 6.07) is 2.78. The Morgan fingerprint density at radius 2 is 1.64 bits per heavy atom. The second kappa shape index (κ2) is 6.73. The summed E-state index contributed by atoms with van der Waals surface area (Å²) in [5.74, 6) is 0. The number of ether oxygens (including phenoxy) is 1. The first kappa shape index (κ1) is 20.6. The first-order valence-corrected chi connectivity index (χ1v) is 9.93. The fraction of sp³-hybridized carbons (Fsp3) is 0.529. The summed E-state index contributed by atoms with van der Waals surface area (Å²) in [6.07, 6.45) is -5.22. The van der Waals surface area contributed by atoms with Gasteiger partial charge in [0.15, 0.2) is 5.03 Å². The van der Waals surface area contributed by atoms with E-state index in [2.05, 4.69) is 4.98 Å². The number of alkyl halides is 3. The van der Waals surface area contributed by atoms with Crippen molar-refractivity contribution in [2.75, 3.05) is 26.2 Å². The molecule has 0 radical (unpaired) electrons. The molecule has 7 nitrogen and oxygen atoms in total. The highest BCUT2D eigenvalue weighted by Crippen LogP contribution is 2.32. The fourth-order valence-electron chi connectivity index (χ4n) is 3.02. The van der Waals surface area contributed by atoms with Gasteiger partial charge in [-0.25, -0.2) is 18.2 Å². The van der Waals surface area contributed by atoms with Crippen LogP contribution < -0.4 is 0 Å². The Hall–Kier alpha value is -2.14. The molecule has 0 unspecified atom stereocenters. The third-order valence-electron chi connectivity index (χ3n) is 4.27. The van der Waals surface area contributed by atoms with E-state index in [1.807, 2.05) is 0 Å². The first-order valence-electron chi connectivity index (χ1n) is 8.49. The summed E-state index contributed by atoms with van der Waals surface area (Å²) in [4.78, 5) is 16.9. The number of nitrogens with zero attached hydrogens (tertiary/aromatic N) is 3. The van der Waals surface area contributed by atoms with Crippen molar-refractivity contribution in [2.24, 2.45) is 0 Å². The lowest BCUT2D eigenvalue weighted by atomic mass is 10.2. The molecule has 0 saturated heterocycles. The number of sulfonamides is 1. The van der Waals surface area contributed by atoms with E-state index < -0.39 is 38.6 Å². The Bertz CT molecular complexity index is 918. The molecule has 1 aromatic heterocycles. The maximum absolute atomic E-state index is 12.8. The van der Waals surface area contributed by atoms with Gasteiger partial charge in [0.2, 0.25) is 0 Å². The molecule has 0 aliphatic carbocycles. The average molecular weight is 419 g/mol. The van der Waals surface area contributed by atoms with Crippen LogP contribution in [0.15, 0.2) is 34.4 Å². The Morgan fingerprint density at radius 3 is 2.14 bits per heavy atom. The van der Waals surface area contributed by atoms with Gasteiger partial charge in [0.1, 0.15) is 11.3 Å². The smallest absolute Gasteiger partial charge is 0.433 e. The molecular weight excluding hydrogens is 399 g/mol. The van der Waals surface area contributed by atoms with Gasteiger partial charge in [-0.2, -0.15) is 17.5 Å². The Kier molecular flexibility index (Phi) is 4.95. The lowest BCUT2D eigenvalue weighted by Crippen LogP contribution is -2.39. The minimum absolute atomic E-state index is 0.00882. The van der Waals surface area contributed by atoms with Gasteiger partial charge in [-0.3, -0.25) is 0 Å². The van der Waals surface area contributed by atoms with Crippen LogP contribution in [0.3, 0.4) is 0 Å². The predicted octanol–water partition coefficient (Wildman–Crippen LogP) is 2.65. The Morgan fingerprint density at radius 1 is 1.07 bits per heavy atom. The van der Waals surface area contributed by atoms with Gasteiger partial charge in [-0.05, 0) is 44.1 Å². The van der Waals surface area contributed by atoms with Gasteiger partial charge in [-0.1, -0.05) is 6.07 Å². The maximum atomic E-state index is 12.8. The second-order valence-corrected chi connectivity index (χ2v) is 9.56. The molecule has 0 aromatic carbocycles. The van der Waals surface area contributed by atoms with Crippen molar-refractivity contribution in [3.05, 3.63) is 35.0 Å². The highest BCUT2D eigenvalue weighted by molar-refractivity contribution is 7.89. The van der Waals surface area contributed by atoms with Crippen LogP contribution in [0, 0.1) is 0 Å². The van der Waals surface area contributed by atoms with Gasteiger partial charge >= 0.3 is 12.3 Å². The van der Waals surface area contributed by atoms with Crippen molar-refractivity contribution in [3.8, 4) is 0 Å². The molecule has 0 bridgehead atoms. The Labute approximate surface area is 160 Å². The van der Waals surface area contributed by atoms with Crippen molar-refractivity contribution in [1.29, 1.82) is 0 Å². The number of hydrogen-bond donors (Lipinski definition) is 0. The molecule has 1 aromatic rings. The SMILES string of the molecule is CC(C)(C)OC(=O)N1CC2=C(C1)CN(S(=O)(=O)c1cccc(C(F)(F)F)n1)C2. The van der Waals surface area contributed by atoms with Crippen LogP contribution in [-0.4, -0.2) is 60.5 Å². The molecule has 1 amide bonds. The van der Waals surface area contributed by atoms with Crippen LogP contribution in [0.5, 0.6) is 0 Å². The molecule has 11 heteroatoms. The zero-order chi connectivity index (χ0) is 20.9.